The molecule has 0 unspecified atom stereocenters. The van der Waals surface area contributed by atoms with Crippen LogP contribution in [-0.2, 0) is 10.9 Å². The summed E-state index contributed by atoms with van der Waals surface area (Å²) in [6.07, 6.45) is 1.70. The van der Waals surface area contributed by atoms with Crippen LogP contribution >= 0.6 is 0 Å². The fourth-order valence-electron chi connectivity index (χ4n) is 4.12. The normalized spacial score (nSPS) is 18.7. The molecule has 1 aliphatic rings. The predicted molar refractivity (Wildman–Crippen MR) is 121 cm³/mol. The highest BCUT2D eigenvalue weighted by Gasteiger charge is 2.33. The summed E-state index contributed by atoms with van der Waals surface area (Å²) in [5.41, 5.74) is -0.439. The molecule has 7 nitrogen and oxygen atoms in total. The third-order valence-electron chi connectivity index (χ3n) is 6.05. The molecule has 0 spiro atoms. The zero-order valence-electron chi connectivity index (χ0n) is 19.1. The molecule has 1 saturated carbocycles. The minimum Gasteiger partial charge on any atom is -0.489 e. The number of methoxy groups -OCH3 is 1. The number of ether oxygens (including phenoxy) is 2. The first kappa shape index (κ1) is 24.0. The lowest BCUT2D eigenvalue weighted by Crippen LogP contribution is -2.17. The van der Waals surface area contributed by atoms with Gasteiger partial charge in [-0.15, -0.1) is 0 Å². The van der Waals surface area contributed by atoms with Gasteiger partial charge in [0.15, 0.2) is 0 Å². The number of fused-ring (bicyclic) bond motifs is 1. The van der Waals surface area contributed by atoms with Crippen LogP contribution in [-0.4, -0.2) is 41.0 Å². The molecule has 182 valence electrons. The van der Waals surface area contributed by atoms with Crippen molar-refractivity contribution in [3.63, 3.8) is 0 Å². The van der Waals surface area contributed by atoms with Gasteiger partial charge in [0.1, 0.15) is 23.7 Å². The van der Waals surface area contributed by atoms with Crippen molar-refractivity contribution < 1.29 is 27.4 Å². The number of nitrogens with zero attached hydrogens (tertiary/aromatic N) is 3. The van der Waals surface area contributed by atoms with Gasteiger partial charge in [-0.3, -0.25) is 9.48 Å². The Kier molecular flexibility index (Phi) is 7.06. The van der Waals surface area contributed by atoms with Gasteiger partial charge in [0.2, 0.25) is 0 Å². The second-order valence-electron chi connectivity index (χ2n) is 8.63. The van der Waals surface area contributed by atoms with Crippen molar-refractivity contribution in [2.45, 2.75) is 44.8 Å². The topological polar surface area (TPSA) is 78.3 Å². The van der Waals surface area contributed by atoms with Gasteiger partial charge < -0.3 is 14.8 Å². The summed E-state index contributed by atoms with van der Waals surface area (Å²) in [5.74, 6) is 0.302. The van der Waals surface area contributed by atoms with Crippen LogP contribution in [0, 0.1) is 5.92 Å². The molecule has 4 rings (SSSR count). The maximum absolute atomic E-state index is 13.0. The zero-order chi connectivity index (χ0) is 24.3. The number of hydrogen-bond acceptors (Lipinski definition) is 5. The number of nitrogens with one attached hydrogen (secondary N) is 1. The Morgan fingerprint density at radius 3 is 2.65 bits per heavy atom. The molecule has 1 N–H and O–H groups in total. The van der Waals surface area contributed by atoms with Crippen molar-refractivity contribution in [2.24, 2.45) is 5.92 Å². The fourth-order valence-corrected chi connectivity index (χ4v) is 4.12. The molecule has 1 amide bonds. The predicted octanol–water partition coefficient (Wildman–Crippen LogP) is 5.48. The summed E-state index contributed by atoms with van der Waals surface area (Å²) in [5, 5.41) is 8.17. The number of pyridine rings is 1. The molecule has 1 aliphatic carbocycles. The van der Waals surface area contributed by atoms with Crippen molar-refractivity contribution in [2.75, 3.05) is 25.6 Å². The number of rotatable bonds is 7. The largest absolute Gasteiger partial charge is 0.489 e. The van der Waals surface area contributed by atoms with E-state index in [0.29, 0.717) is 35.5 Å². The van der Waals surface area contributed by atoms with Gasteiger partial charge >= 0.3 is 6.18 Å². The van der Waals surface area contributed by atoms with Crippen LogP contribution in [0.4, 0.5) is 18.9 Å². The van der Waals surface area contributed by atoms with Crippen LogP contribution < -0.4 is 10.1 Å². The van der Waals surface area contributed by atoms with Gasteiger partial charge in [0, 0.05) is 24.8 Å². The molecule has 2 heterocycles. The quantitative estimate of drug-likeness (QED) is 0.457. The number of hydrogen-bond donors (Lipinski definition) is 1. The lowest BCUT2D eigenvalue weighted by Gasteiger charge is -2.26. The standard InChI is InChI=1S/C24H27F3N4O3/c1-15-6-8-17(9-7-15)31-14-16-12-20(21(13-19(16)30-31)34-11-10-33-2)29-23(32)18-4-3-5-22(28-18)24(25,26)27/h3-5,12-15,17H,6-11H2,1-2H3,(H,29,32). The van der Waals surface area contributed by atoms with Crippen LogP contribution in [0.5, 0.6) is 5.75 Å². The first-order valence-electron chi connectivity index (χ1n) is 11.2. The number of halogens is 3. The number of alkyl halides is 3. The second-order valence-corrected chi connectivity index (χ2v) is 8.63. The van der Waals surface area contributed by atoms with Crippen LogP contribution in [0.3, 0.4) is 0 Å². The Balaban J connectivity index is 1.62. The zero-order valence-corrected chi connectivity index (χ0v) is 19.1. The maximum Gasteiger partial charge on any atom is 0.433 e. The average molecular weight is 476 g/mol. The van der Waals surface area contributed by atoms with E-state index in [-0.39, 0.29) is 12.3 Å². The number of anilines is 1. The van der Waals surface area contributed by atoms with Crippen molar-refractivity contribution in [3.8, 4) is 5.75 Å². The molecular formula is C24H27F3N4O3. The van der Waals surface area contributed by atoms with Crippen LogP contribution in [0.1, 0.15) is 54.8 Å². The molecule has 0 radical (unpaired) electrons. The summed E-state index contributed by atoms with van der Waals surface area (Å²) in [7, 11) is 1.54. The van der Waals surface area contributed by atoms with E-state index in [1.54, 1.807) is 19.2 Å². The van der Waals surface area contributed by atoms with Crippen LogP contribution in [0.25, 0.3) is 10.9 Å². The summed E-state index contributed by atoms with van der Waals surface area (Å²) < 4.78 is 51.8. The van der Waals surface area contributed by atoms with E-state index in [9.17, 15) is 18.0 Å². The van der Waals surface area contributed by atoms with E-state index >= 15 is 0 Å². The van der Waals surface area contributed by atoms with Crippen LogP contribution in [0.15, 0.2) is 36.5 Å². The Bertz CT molecular complexity index is 1150. The minimum absolute atomic E-state index is 0.230. The van der Waals surface area contributed by atoms with Crippen molar-refractivity contribution in [1.29, 1.82) is 0 Å². The smallest absolute Gasteiger partial charge is 0.433 e. The molecule has 34 heavy (non-hydrogen) atoms. The van der Waals surface area contributed by atoms with Gasteiger partial charge in [-0.2, -0.15) is 18.3 Å². The Labute approximate surface area is 195 Å². The van der Waals surface area contributed by atoms with Crippen LogP contribution in [0.2, 0.25) is 0 Å². The third kappa shape index (κ3) is 5.49. The highest BCUT2D eigenvalue weighted by molar-refractivity contribution is 6.05. The molecule has 1 aromatic carbocycles. The molecule has 0 aliphatic heterocycles. The van der Waals surface area contributed by atoms with E-state index in [2.05, 4.69) is 17.2 Å². The minimum atomic E-state index is -4.64. The van der Waals surface area contributed by atoms with Crippen molar-refractivity contribution in [3.05, 3.63) is 47.9 Å². The SMILES string of the molecule is COCCOc1cc2nn(C3CCC(C)CC3)cc2cc1NC(=O)c1cccc(C(F)(F)F)n1. The Hall–Kier alpha value is -3.14. The first-order chi connectivity index (χ1) is 16.2. The fraction of sp³-hybridized carbons (Fsp3) is 0.458. The lowest BCUT2D eigenvalue weighted by molar-refractivity contribution is -0.141. The third-order valence-corrected chi connectivity index (χ3v) is 6.05. The van der Waals surface area contributed by atoms with Gasteiger partial charge in [0.25, 0.3) is 5.91 Å². The lowest BCUT2D eigenvalue weighted by atomic mass is 9.87. The molecule has 10 heteroatoms. The molecule has 1 fully saturated rings. The number of carbonyl (C=O) groups excluding carboxylic acids is 1. The Morgan fingerprint density at radius 2 is 1.94 bits per heavy atom. The number of carbonyl (C=O) groups is 1. The van der Waals surface area contributed by atoms with E-state index < -0.39 is 17.8 Å². The molecule has 2 aromatic heterocycles. The van der Waals surface area contributed by atoms with Crippen molar-refractivity contribution in [1.82, 2.24) is 14.8 Å². The first-order valence-corrected chi connectivity index (χ1v) is 11.2. The maximum atomic E-state index is 13.0. The van der Waals surface area contributed by atoms with E-state index in [1.807, 2.05) is 10.9 Å². The van der Waals surface area contributed by atoms with Crippen molar-refractivity contribution >= 4 is 22.5 Å². The average Bonchev–Trinajstić information content (AvgIpc) is 3.22. The summed E-state index contributed by atoms with van der Waals surface area (Å²) >= 11 is 0. The van der Waals surface area contributed by atoms with Gasteiger partial charge in [0.05, 0.1) is 23.9 Å². The molecule has 0 bridgehead atoms. The summed E-state index contributed by atoms with van der Waals surface area (Å²) in [6, 6.07) is 6.96. The summed E-state index contributed by atoms with van der Waals surface area (Å²) in [6.45, 7) is 2.82. The molecule has 0 atom stereocenters. The van der Waals surface area contributed by atoms with Gasteiger partial charge in [-0.25, -0.2) is 4.98 Å². The highest BCUT2D eigenvalue weighted by Crippen LogP contribution is 2.35. The number of aromatic nitrogens is 3. The molecule has 0 saturated heterocycles. The van der Waals surface area contributed by atoms with E-state index in [4.69, 9.17) is 14.6 Å². The number of amides is 1. The Morgan fingerprint density at radius 1 is 1.18 bits per heavy atom. The van der Waals surface area contributed by atoms with E-state index in [1.165, 1.54) is 6.07 Å². The highest BCUT2D eigenvalue weighted by atomic mass is 19.4. The van der Waals surface area contributed by atoms with Gasteiger partial charge in [-0.05, 0) is 49.8 Å². The monoisotopic (exact) mass is 476 g/mol. The molecular weight excluding hydrogens is 449 g/mol. The summed E-state index contributed by atoms with van der Waals surface area (Å²) in [4.78, 5) is 16.2. The number of benzene rings is 1. The van der Waals surface area contributed by atoms with E-state index in [0.717, 1.165) is 43.2 Å². The second kappa shape index (κ2) is 10.0. The van der Waals surface area contributed by atoms with Gasteiger partial charge in [-0.1, -0.05) is 13.0 Å². The molecule has 3 aromatic rings.